The van der Waals surface area contributed by atoms with Crippen LogP contribution in [-0.4, -0.2) is 111 Å². The van der Waals surface area contributed by atoms with Gasteiger partial charge in [-0.2, -0.15) is 0 Å². The molecule has 0 radical (unpaired) electrons. The van der Waals surface area contributed by atoms with E-state index in [1.165, 1.54) is 0 Å². The molecule has 0 saturated heterocycles. The van der Waals surface area contributed by atoms with E-state index in [-0.39, 0.29) is 5.75 Å². The molecule has 0 atom stereocenters. The van der Waals surface area contributed by atoms with Crippen molar-refractivity contribution in [2.45, 2.75) is 13.2 Å². The standard InChI is InChI=1S/C24H40O10/c25-24-22-2-1-3-23(24)21-34-19-17-32-15-13-30-11-9-28-7-5-26-4-6-27-8-10-29-12-14-31-16-18-33-20-22/h1-3,25H,4-21H2. The summed E-state index contributed by atoms with van der Waals surface area (Å²) in [5.74, 6) is 0.196. The summed E-state index contributed by atoms with van der Waals surface area (Å²) in [6.45, 7) is 8.43. The van der Waals surface area contributed by atoms with Crippen LogP contribution in [0, 0.1) is 0 Å². The molecule has 1 aromatic carbocycles. The minimum Gasteiger partial charge on any atom is -0.507 e. The molecule has 0 spiro atoms. The first-order chi connectivity index (χ1) is 16.9. The van der Waals surface area contributed by atoms with Gasteiger partial charge < -0.3 is 47.7 Å². The highest BCUT2D eigenvalue weighted by Gasteiger charge is 2.07. The van der Waals surface area contributed by atoms with E-state index in [0.29, 0.717) is 130 Å². The second-order valence-corrected chi connectivity index (χ2v) is 7.32. The fourth-order valence-electron chi connectivity index (χ4n) is 2.90. The van der Waals surface area contributed by atoms with Gasteiger partial charge in [0, 0.05) is 11.1 Å². The van der Waals surface area contributed by atoms with Crippen molar-refractivity contribution < 1.29 is 47.7 Å². The summed E-state index contributed by atoms with van der Waals surface area (Å²) in [5.41, 5.74) is 1.43. The minimum atomic E-state index is 0.196. The van der Waals surface area contributed by atoms with Gasteiger partial charge in [-0.15, -0.1) is 0 Å². The summed E-state index contributed by atoms with van der Waals surface area (Å²) in [4.78, 5) is 0. The van der Waals surface area contributed by atoms with Crippen LogP contribution in [0.5, 0.6) is 5.75 Å². The van der Waals surface area contributed by atoms with Crippen molar-refractivity contribution in [1.82, 2.24) is 0 Å². The third-order valence-corrected chi connectivity index (χ3v) is 4.69. The summed E-state index contributed by atoms with van der Waals surface area (Å²) in [7, 11) is 0. The van der Waals surface area contributed by atoms with Gasteiger partial charge in [0.15, 0.2) is 0 Å². The molecule has 0 aliphatic carbocycles. The normalized spacial score (nSPS) is 21.4. The molecule has 2 rings (SSSR count). The van der Waals surface area contributed by atoms with E-state index < -0.39 is 0 Å². The van der Waals surface area contributed by atoms with Gasteiger partial charge >= 0.3 is 0 Å². The van der Waals surface area contributed by atoms with E-state index in [4.69, 9.17) is 42.6 Å². The Balaban J connectivity index is 1.65. The van der Waals surface area contributed by atoms with Crippen molar-refractivity contribution >= 4 is 0 Å². The molecule has 1 N–H and O–H groups in total. The van der Waals surface area contributed by atoms with Crippen LogP contribution < -0.4 is 0 Å². The van der Waals surface area contributed by atoms with Crippen molar-refractivity contribution in [2.75, 3.05) is 106 Å². The van der Waals surface area contributed by atoms with Gasteiger partial charge in [0.2, 0.25) is 0 Å². The Morgan fingerprint density at radius 3 is 0.882 bits per heavy atom. The molecule has 0 fully saturated rings. The van der Waals surface area contributed by atoms with Crippen molar-refractivity contribution in [1.29, 1.82) is 0 Å². The van der Waals surface area contributed by atoms with Crippen LogP contribution in [0.1, 0.15) is 11.1 Å². The maximum Gasteiger partial charge on any atom is 0.126 e. The van der Waals surface area contributed by atoms with E-state index >= 15 is 0 Å². The number of aromatic hydroxyl groups is 1. The van der Waals surface area contributed by atoms with Gasteiger partial charge in [0.1, 0.15) is 5.75 Å². The molecule has 0 amide bonds. The SMILES string of the molecule is Oc1c2cccc1COCCOCCOCCOCCOCCOCCOCCOCCOC2. The molecule has 0 aromatic heterocycles. The Bertz CT molecular complexity index is 555. The fraction of sp³-hybridized carbons (Fsp3) is 0.750. The van der Waals surface area contributed by atoms with E-state index in [1.807, 2.05) is 18.2 Å². The smallest absolute Gasteiger partial charge is 0.126 e. The second kappa shape index (κ2) is 21.0. The Hall–Kier alpha value is -1.34. The van der Waals surface area contributed by atoms with Crippen LogP contribution in [0.25, 0.3) is 0 Å². The third-order valence-electron chi connectivity index (χ3n) is 4.69. The van der Waals surface area contributed by atoms with Gasteiger partial charge in [0.25, 0.3) is 0 Å². The molecule has 10 heteroatoms. The van der Waals surface area contributed by atoms with E-state index in [2.05, 4.69) is 0 Å². The number of rotatable bonds is 0. The number of fused-ring (bicyclic) bond motifs is 2. The Labute approximate surface area is 202 Å². The minimum absolute atomic E-state index is 0.196. The molecular formula is C24H40O10. The Morgan fingerprint density at radius 1 is 0.382 bits per heavy atom. The van der Waals surface area contributed by atoms with E-state index in [1.54, 1.807) is 0 Å². The first kappa shape index (κ1) is 28.9. The van der Waals surface area contributed by atoms with Crippen LogP contribution in [0.3, 0.4) is 0 Å². The molecule has 196 valence electrons. The fourth-order valence-corrected chi connectivity index (χ4v) is 2.90. The summed E-state index contributed by atoms with van der Waals surface area (Å²) >= 11 is 0. The maximum absolute atomic E-state index is 10.4. The van der Waals surface area contributed by atoms with Crippen LogP contribution in [0.15, 0.2) is 18.2 Å². The summed E-state index contributed by atoms with van der Waals surface area (Å²) in [5, 5.41) is 10.4. The van der Waals surface area contributed by atoms with E-state index in [0.717, 1.165) is 0 Å². The highest BCUT2D eigenvalue weighted by molar-refractivity contribution is 5.39. The van der Waals surface area contributed by atoms with Crippen LogP contribution in [-0.2, 0) is 55.8 Å². The molecule has 0 unspecified atom stereocenters. The number of phenols is 1. The number of ether oxygens (including phenoxy) is 9. The number of hydrogen-bond acceptors (Lipinski definition) is 10. The van der Waals surface area contributed by atoms with Crippen molar-refractivity contribution in [3.63, 3.8) is 0 Å². The lowest BCUT2D eigenvalue weighted by Gasteiger charge is -2.12. The first-order valence-corrected chi connectivity index (χ1v) is 11.9. The predicted octanol–water partition coefficient (Wildman–Crippen LogP) is 1.56. The molecule has 34 heavy (non-hydrogen) atoms. The molecule has 10 nitrogen and oxygen atoms in total. The molecular weight excluding hydrogens is 448 g/mol. The lowest BCUT2D eigenvalue weighted by atomic mass is 10.1. The molecule has 2 bridgehead atoms. The topological polar surface area (TPSA) is 103 Å². The van der Waals surface area contributed by atoms with Gasteiger partial charge in [0.05, 0.1) is 119 Å². The summed E-state index contributed by atoms with van der Waals surface area (Å²) in [6, 6.07) is 5.54. The lowest BCUT2D eigenvalue weighted by Crippen LogP contribution is -2.15. The van der Waals surface area contributed by atoms with Crippen molar-refractivity contribution in [3.8, 4) is 5.75 Å². The van der Waals surface area contributed by atoms with Gasteiger partial charge in [-0.05, 0) is 0 Å². The molecule has 1 heterocycles. The van der Waals surface area contributed by atoms with Crippen LogP contribution in [0.4, 0.5) is 0 Å². The molecule has 1 aliphatic rings. The predicted molar refractivity (Wildman–Crippen MR) is 123 cm³/mol. The lowest BCUT2D eigenvalue weighted by molar-refractivity contribution is -0.0259. The van der Waals surface area contributed by atoms with Crippen LogP contribution >= 0.6 is 0 Å². The zero-order valence-corrected chi connectivity index (χ0v) is 20.1. The Kier molecular flexibility index (Phi) is 17.8. The molecule has 1 aromatic rings. The summed E-state index contributed by atoms with van der Waals surface area (Å²) in [6.07, 6.45) is 0. The second-order valence-electron chi connectivity index (χ2n) is 7.32. The Morgan fingerprint density at radius 2 is 0.618 bits per heavy atom. The monoisotopic (exact) mass is 488 g/mol. The van der Waals surface area contributed by atoms with Gasteiger partial charge in [-0.3, -0.25) is 0 Å². The third kappa shape index (κ3) is 14.8. The average Bonchev–Trinajstić information content (AvgIpc) is 2.84. The van der Waals surface area contributed by atoms with Crippen LogP contribution in [0.2, 0.25) is 0 Å². The number of phenolic OH excluding ortho intramolecular Hbond substituents is 1. The number of hydrogen-bond donors (Lipinski definition) is 1. The highest BCUT2D eigenvalue weighted by atomic mass is 16.6. The molecule has 0 saturated carbocycles. The largest absolute Gasteiger partial charge is 0.507 e. The maximum atomic E-state index is 10.4. The summed E-state index contributed by atoms with van der Waals surface area (Å²) < 4.78 is 49.5. The van der Waals surface area contributed by atoms with Gasteiger partial charge in [-0.25, -0.2) is 0 Å². The van der Waals surface area contributed by atoms with E-state index in [9.17, 15) is 5.11 Å². The number of benzene rings is 1. The van der Waals surface area contributed by atoms with Gasteiger partial charge in [-0.1, -0.05) is 18.2 Å². The average molecular weight is 489 g/mol. The highest BCUT2D eigenvalue weighted by Crippen LogP contribution is 2.23. The number of para-hydroxylation sites is 1. The first-order valence-electron chi connectivity index (χ1n) is 11.9. The molecule has 1 aliphatic heterocycles. The van der Waals surface area contributed by atoms with Crippen molar-refractivity contribution in [3.05, 3.63) is 29.3 Å². The quantitative estimate of drug-likeness (QED) is 0.579. The van der Waals surface area contributed by atoms with Crippen molar-refractivity contribution in [2.24, 2.45) is 0 Å². The zero-order valence-electron chi connectivity index (χ0n) is 20.1. The zero-order chi connectivity index (χ0) is 23.9.